The van der Waals surface area contributed by atoms with Gasteiger partial charge in [-0.2, -0.15) is 5.26 Å². The van der Waals surface area contributed by atoms with Gasteiger partial charge in [-0.3, -0.25) is 4.79 Å². The van der Waals surface area contributed by atoms with Crippen LogP contribution in [-0.4, -0.2) is 48.8 Å². The maximum atomic E-state index is 9.38. The van der Waals surface area contributed by atoms with Gasteiger partial charge in [0, 0.05) is 0 Å². The van der Waals surface area contributed by atoms with Crippen LogP contribution in [-0.2, 0) is 4.79 Å². The molecule has 0 atom stereocenters. The summed E-state index contributed by atoms with van der Waals surface area (Å²) in [6.07, 6.45) is -0.403. The third-order valence-electron chi connectivity index (χ3n) is 0.230. The fraction of sp³-hybridized carbons (Fsp3) is 0.333. The van der Waals surface area contributed by atoms with E-state index in [-0.39, 0.29) is 40.6 Å². The van der Waals surface area contributed by atoms with Crippen LogP contribution in [0.5, 0.6) is 0 Å². The Morgan fingerprint density at radius 3 is 2.43 bits per heavy atom. The first-order chi connectivity index (χ1) is 2.77. The number of hydrogen-bond donors (Lipinski definition) is 1. The Hall–Kier alpha value is 0.220. The molecule has 4 heteroatoms. The van der Waals surface area contributed by atoms with E-state index in [0.29, 0.717) is 0 Å². The molecule has 3 nitrogen and oxygen atoms in total. The molecule has 0 saturated heterocycles. The van der Waals surface area contributed by atoms with Gasteiger partial charge in [-0.25, -0.2) is 0 Å². The summed E-state index contributed by atoms with van der Waals surface area (Å²) in [7, 11) is 0. The first-order valence-electron chi connectivity index (χ1n) is 1.36. The summed E-state index contributed by atoms with van der Waals surface area (Å²) in [4.78, 5) is 9.38. The predicted octanol–water partition coefficient (Wildman–Crippen LogP) is -0.171. The van der Waals surface area contributed by atoms with Gasteiger partial charge in [-0.1, -0.05) is 0 Å². The number of hydrogen-bond acceptors (Lipinski definition) is 2. The van der Waals surface area contributed by atoms with E-state index in [4.69, 9.17) is 10.4 Å². The normalized spacial score (nSPS) is 5.57. The van der Waals surface area contributed by atoms with E-state index in [2.05, 4.69) is 0 Å². The molecule has 0 unspecified atom stereocenters. The summed E-state index contributed by atoms with van der Waals surface area (Å²) < 4.78 is 0. The molecule has 36 valence electrons. The first-order valence-corrected chi connectivity index (χ1v) is 1.36. The monoisotopic (exact) mass is 127 g/mol. The van der Waals surface area contributed by atoms with Crippen molar-refractivity contribution in [1.82, 2.24) is 0 Å². The Morgan fingerprint density at radius 2 is 2.43 bits per heavy atom. The van der Waals surface area contributed by atoms with Crippen LogP contribution in [0.3, 0.4) is 0 Å². The third-order valence-corrected chi connectivity index (χ3v) is 0.230. The van der Waals surface area contributed by atoms with Crippen LogP contribution in [0.25, 0.3) is 0 Å². The molecular formula is C3H5CaNO2. The van der Waals surface area contributed by atoms with Crippen LogP contribution in [0.4, 0.5) is 0 Å². The van der Waals surface area contributed by atoms with Gasteiger partial charge in [0.05, 0.1) is 6.07 Å². The smallest absolute Gasteiger partial charge is 1.00 e. The van der Waals surface area contributed by atoms with Gasteiger partial charge in [0.25, 0.3) is 0 Å². The Bertz CT molecular complexity index is 102. The molecule has 0 aromatic rings. The van der Waals surface area contributed by atoms with Crippen molar-refractivity contribution in [1.29, 1.82) is 5.26 Å². The molecule has 0 aliphatic rings. The summed E-state index contributed by atoms with van der Waals surface area (Å²) in [6.45, 7) is 0. The number of carbonyl (C=O) groups is 1. The molecule has 0 aliphatic carbocycles. The van der Waals surface area contributed by atoms with Crippen molar-refractivity contribution in [3.8, 4) is 6.07 Å². The molecule has 0 heterocycles. The SMILES string of the molecule is N#CCC(=O)O.[Ca+2].[H-].[H-]. The van der Waals surface area contributed by atoms with Gasteiger partial charge in [0.2, 0.25) is 0 Å². The number of nitriles is 1. The molecule has 0 rings (SSSR count). The van der Waals surface area contributed by atoms with Crippen molar-refractivity contribution in [3.05, 3.63) is 0 Å². The van der Waals surface area contributed by atoms with Crippen LogP contribution < -0.4 is 0 Å². The Balaban J connectivity index is -0.0000000417. The fourth-order valence-corrected chi connectivity index (χ4v) is 0.0676. The molecule has 0 aliphatic heterocycles. The number of carboxylic acid groups (broad SMARTS) is 1. The topological polar surface area (TPSA) is 61.1 Å². The molecule has 0 spiro atoms. The summed E-state index contributed by atoms with van der Waals surface area (Å²) in [6, 6.07) is 1.47. The van der Waals surface area contributed by atoms with Crippen molar-refractivity contribution >= 4 is 43.7 Å². The molecule has 0 saturated carbocycles. The number of rotatable bonds is 1. The summed E-state index contributed by atoms with van der Waals surface area (Å²) in [5.41, 5.74) is 0. The molecule has 0 fully saturated rings. The number of aliphatic carboxylic acids is 1. The summed E-state index contributed by atoms with van der Waals surface area (Å²) in [5, 5.41) is 15.3. The predicted molar refractivity (Wildman–Crippen MR) is 25.8 cm³/mol. The average molecular weight is 127 g/mol. The van der Waals surface area contributed by atoms with Crippen LogP contribution >= 0.6 is 0 Å². The Labute approximate surface area is 73.9 Å². The van der Waals surface area contributed by atoms with E-state index in [0.717, 1.165) is 0 Å². The summed E-state index contributed by atoms with van der Waals surface area (Å²) in [5.74, 6) is -1.07. The molecule has 0 aromatic heterocycles. The number of carboxylic acids is 1. The van der Waals surface area contributed by atoms with Crippen molar-refractivity contribution < 1.29 is 12.8 Å². The van der Waals surface area contributed by atoms with Gasteiger partial charge in [-0.15, -0.1) is 0 Å². The van der Waals surface area contributed by atoms with Crippen LogP contribution in [0.1, 0.15) is 9.27 Å². The van der Waals surface area contributed by atoms with Gasteiger partial charge >= 0.3 is 43.7 Å². The largest absolute Gasteiger partial charge is 2.00 e. The minimum absolute atomic E-state index is 0. The molecule has 0 bridgehead atoms. The molecule has 0 radical (unpaired) electrons. The fourth-order valence-electron chi connectivity index (χ4n) is 0.0676. The van der Waals surface area contributed by atoms with Gasteiger partial charge in [0.15, 0.2) is 0 Å². The zero-order chi connectivity index (χ0) is 4.99. The van der Waals surface area contributed by atoms with Gasteiger partial charge in [0.1, 0.15) is 6.42 Å². The maximum Gasteiger partial charge on any atom is 2.00 e. The Morgan fingerprint density at radius 1 is 2.00 bits per heavy atom. The van der Waals surface area contributed by atoms with Crippen molar-refractivity contribution in [2.45, 2.75) is 6.42 Å². The zero-order valence-electron chi connectivity index (χ0n) is 5.72. The first kappa shape index (κ1) is 10.3. The van der Waals surface area contributed by atoms with Crippen LogP contribution in [0.2, 0.25) is 0 Å². The van der Waals surface area contributed by atoms with Gasteiger partial charge in [-0.05, 0) is 0 Å². The second-order valence-corrected chi connectivity index (χ2v) is 0.729. The minimum atomic E-state index is -1.07. The van der Waals surface area contributed by atoms with Gasteiger partial charge < -0.3 is 7.96 Å². The summed E-state index contributed by atoms with van der Waals surface area (Å²) >= 11 is 0. The molecule has 7 heavy (non-hydrogen) atoms. The standard InChI is InChI=1S/C3H3NO2.Ca.2H/c4-2-1-3(5)6;;;/h1H2,(H,5,6);;;/q;+2;2*-1. The third kappa shape index (κ3) is 10.7. The second-order valence-electron chi connectivity index (χ2n) is 0.729. The van der Waals surface area contributed by atoms with Crippen molar-refractivity contribution in [2.75, 3.05) is 0 Å². The second kappa shape index (κ2) is 6.22. The van der Waals surface area contributed by atoms with Crippen LogP contribution in [0, 0.1) is 11.3 Å². The molecule has 1 N–H and O–H groups in total. The Kier molecular flexibility index (Phi) is 9.11. The molecule has 0 amide bonds. The van der Waals surface area contributed by atoms with E-state index < -0.39 is 12.4 Å². The van der Waals surface area contributed by atoms with Crippen molar-refractivity contribution in [2.24, 2.45) is 0 Å². The van der Waals surface area contributed by atoms with E-state index >= 15 is 0 Å². The molecule has 0 aromatic carbocycles. The van der Waals surface area contributed by atoms with E-state index in [1.165, 1.54) is 6.07 Å². The average Bonchev–Trinajstić information content (AvgIpc) is 1.35. The van der Waals surface area contributed by atoms with Crippen LogP contribution in [0.15, 0.2) is 0 Å². The molecular weight excluding hydrogens is 122 g/mol. The van der Waals surface area contributed by atoms with E-state index in [1.54, 1.807) is 0 Å². The quantitative estimate of drug-likeness (QED) is 0.497. The van der Waals surface area contributed by atoms with E-state index in [9.17, 15) is 4.79 Å². The van der Waals surface area contributed by atoms with Crippen molar-refractivity contribution in [3.63, 3.8) is 0 Å². The zero-order valence-corrected chi connectivity index (χ0v) is 5.93. The van der Waals surface area contributed by atoms with E-state index in [1.807, 2.05) is 0 Å². The minimum Gasteiger partial charge on any atom is -1.00 e. The maximum absolute atomic E-state index is 9.38. The number of nitrogens with zero attached hydrogens (tertiary/aromatic N) is 1.